The van der Waals surface area contributed by atoms with Gasteiger partial charge in [-0.25, -0.2) is 8.78 Å². The van der Waals surface area contributed by atoms with Crippen LogP contribution in [0.4, 0.5) is 14.5 Å². The molecule has 82 valence electrons. The van der Waals surface area contributed by atoms with E-state index < -0.39 is 11.6 Å². The first-order chi connectivity index (χ1) is 7.11. The van der Waals surface area contributed by atoms with Gasteiger partial charge in [-0.2, -0.15) is 0 Å². The molecule has 0 heterocycles. The second kappa shape index (κ2) is 5.29. The summed E-state index contributed by atoms with van der Waals surface area (Å²) < 4.78 is 26.1. The second-order valence-electron chi connectivity index (χ2n) is 3.01. The van der Waals surface area contributed by atoms with E-state index in [1.165, 1.54) is 25.1 Å². The smallest absolute Gasteiger partial charge is 0.216 e. The zero-order valence-corrected chi connectivity index (χ0v) is 8.31. The first-order valence-corrected chi connectivity index (χ1v) is 4.53. The van der Waals surface area contributed by atoms with Crippen LogP contribution in [0, 0.1) is 11.6 Å². The highest BCUT2D eigenvalue weighted by atomic mass is 19.1. The van der Waals surface area contributed by atoms with Gasteiger partial charge in [-0.05, 0) is 12.1 Å². The van der Waals surface area contributed by atoms with Crippen LogP contribution in [0.3, 0.4) is 0 Å². The molecule has 0 aromatic heterocycles. The van der Waals surface area contributed by atoms with Gasteiger partial charge in [0.05, 0.1) is 0 Å². The van der Waals surface area contributed by atoms with Crippen molar-refractivity contribution in [3.8, 4) is 0 Å². The Morgan fingerprint density at radius 3 is 2.40 bits per heavy atom. The first-order valence-electron chi connectivity index (χ1n) is 4.53. The van der Waals surface area contributed by atoms with Crippen LogP contribution >= 0.6 is 0 Å². The molecule has 5 heteroatoms. The van der Waals surface area contributed by atoms with Gasteiger partial charge in [0.2, 0.25) is 5.91 Å². The summed E-state index contributed by atoms with van der Waals surface area (Å²) in [4.78, 5) is 10.5. The van der Waals surface area contributed by atoms with Crippen LogP contribution in [-0.2, 0) is 4.79 Å². The predicted octanol–water partition coefficient (Wildman–Crippen LogP) is 1.51. The molecule has 0 unspecified atom stereocenters. The first kappa shape index (κ1) is 11.4. The molecule has 15 heavy (non-hydrogen) atoms. The molecule has 0 saturated carbocycles. The van der Waals surface area contributed by atoms with Crippen molar-refractivity contribution in [3.63, 3.8) is 0 Å². The Kier molecular flexibility index (Phi) is 4.03. The van der Waals surface area contributed by atoms with Gasteiger partial charge in [0.25, 0.3) is 0 Å². The minimum absolute atomic E-state index is 0.164. The highest BCUT2D eigenvalue weighted by molar-refractivity contribution is 5.72. The molecule has 0 aliphatic carbocycles. The summed E-state index contributed by atoms with van der Waals surface area (Å²) in [5.41, 5.74) is -0.164. The van der Waals surface area contributed by atoms with Gasteiger partial charge in [0.15, 0.2) is 0 Å². The summed E-state index contributed by atoms with van der Waals surface area (Å²) in [5.74, 6) is -1.46. The molecule has 1 amide bonds. The van der Waals surface area contributed by atoms with Crippen molar-refractivity contribution in [2.24, 2.45) is 0 Å². The van der Waals surface area contributed by atoms with Crippen LogP contribution in [0.1, 0.15) is 6.92 Å². The molecule has 0 saturated heterocycles. The van der Waals surface area contributed by atoms with Gasteiger partial charge in [0, 0.05) is 20.0 Å². The highest BCUT2D eigenvalue weighted by Gasteiger charge is 2.06. The number of carbonyl (C=O) groups excluding carboxylic acids is 1. The summed E-state index contributed by atoms with van der Waals surface area (Å²) in [6, 6.07) is 3.64. The SMILES string of the molecule is CC(=O)NCCNc1c(F)cccc1F. The molecule has 1 aromatic rings. The van der Waals surface area contributed by atoms with Gasteiger partial charge in [-0.15, -0.1) is 0 Å². The Labute approximate surface area is 86.5 Å². The third kappa shape index (κ3) is 3.53. The molecule has 0 spiro atoms. The van der Waals surface area contributed by atoms with Crippen LogP contribution in [0.15, 0.2) is 18.2 Å². The lowest BCUT2D eigenvalue weighted by molar-refractivity contribution is -0.118. The van der Waals surface area contributed by atoms with Crippen LogP contribution in [0.25, 0.3) is 0 Å². The minimum Gasteiger partial charge on any atom is -0.379 e. The Morgan fingerprint density at radius 1 is 1.27 bits per heavy atom. The molecule has 2 N–H and O–H groups in total. The average Bonchev–Trinajstić information content (AvgIpc) is 2.15. The Hall–Kier alpha value is -1.65. The summed E-state index contributed by atoms with van der Waals surface area (Å²) in [6.45, 7) is 1.98. The normalized spacial score (nSPS) is 9.80. The van der Waals surface area contributed by atoms with E-state index in [2.05, 4.69) is 10.6 Å². The molecule has 0 atom stereocenters. The van der Waals surface area contributed by atoms with Crippen LogP contribution in [0.5, 0.6) is 0 Å². The van der Waals surface area contributed by atoms with Crippen molar-refractivity contribution in [2.75, 3.05) is 18.4 Å². The van der Waals surface area contributed by atoms with Crippen molar-refractivity contribution in [3.05, 3.63) is 29.8 Å². The molecule has 0 aliphatic heterocycles. The maximum absolute atomic E-state index is 13.0. The Bertz CT molecular complexity index is 335. The van der Waals surface area contributed by atoms with Crippen LogP contribution < -0.4 is 10.6 Å². The van der Waals surface area contributed by atoms with E-state index in [1.54, 1.807) is 0 Å². The number of hydrogen-bond acceptors (Lipinski definition) is 2. The van der Waals surface area contributed by atoms with Crippen molar-refractivity contribution in [1.29, 1.82) is 0 Å². The summed E-state index contributed by atoms with van der Waals surface area (Å²) in [7, 11) is 0. The topological polar surface area (TPSA) is 41.1 Å². The number of hydrogen-bond donors (Lipinski definition) is 2. The number of nitrogens with one attached hydrogen (secondary N) is 2. The molecule has 3 nitrogen and oxygen atoms in total. The molecular weight excluding hydrogens is 202 g/mol. The van der Waals surface area contributed by atoms with E-state index in [1.807, 2.05) is 0 Å². The lowest BCUT2D eigenvalue weighted by atomic mass is 10.3. The average molecular weight is 214 g/mol. The number of halogens is 2. The van der Waals surface area contributed by atoms with E-state index in [4.69, 9.17) is 0 Å². The fourth-order valence-electron chi connectivity index (χ4n) is 1.09. The van der Waals surface area contributed by atoms with Gasteiger partial charge in [-0.3, -0.25) is 4.79 Å². The third-order valence-corrected chi connectivity index (χ3v) is 1.76. The molecule has 1 rings (SSSR count). The largest absolute Gasteiger partial charge is 0.379 e. The number of benzene rings is 1. The van der Waals surface area contributed by atoms with Crippen molar-refractivity contribution < 1.29 is 13.6 Å². The van der Waals surface area contributed by atoms with Gasteiger partial charge >= 0.3 is 0 Å². The molecule has 0 aliphatic rings. The predicted molar refractivity (Wildman–Crippen MR) is 53.5 cm³/mol. The van der Waals surface area contributed by atoms with Crippen molar-refractivity contribution in [1.82, 2.24) is 5.32 Å². The van der Waals surface area contributed by atoms with Crippen LogP contribution in [-0.4, -0.2) is 19.0 Å². The molecule has 0 bridgehead atoms. The fourth-order valence-corrected chi connectivity index (χ4v) is 1.09. The maximum Gasteiger partial charge on any atom is 0.216 e. The fraction of sp³-hybridized carbons (Fsp3) is 0.300. The lowest BCUT2D eigenvalue weighted by Crippen LogP contribution is -2.26. The highest BCUT2D eigenvalue weighted by Crippen LogP contribution is 2.17. The number of amides is 1. The van der Waals surface area contributed by atoms with Gasteiger partial charge in [-0.1, -0.05) is 6.07 Å². The molecule has 0 fully saturated rings. The monoisotopic (exact) mass is 214 g/mol. The standard InChI is InChI=1S/C10H12F2N2O/c1-7(15)13-5-6-14-10-8(11)3-2-4-9(10)12/h2-4,14H,5-6H2,1H3,(H,13,15). The second-order valence-corrected chi connectivity index (χ2v) is 3.01. The van der Waals surface area contributed by atoms with Gasteiger partial charge in [0.1, 0.15) is 17.3 Å². The van der Waals surface area contributed by atoms with E-state index >= 15 is 0 Å². The lowest BCUT2D eigenvalue weighted by Gasteiger charge is -2.08. The Morgan fingerprint density at radius 2 is 1.87 bits per heavy atom. The zero-order chi connectivity index (χ0) is 11.3. The number of carbonyl (C=O) groups is 1. The quantitative estimate of drug-likeness (QED) is 0.746. The number of para-hydroxylation sites is 1. The van der Waals surface area contributed by atoms with E-state index in [0.717, 1.165) is 0 Å². The maximum atomic E-state index is 13.0. The zero-order valence-electron chi connectivity index (χ0n) is 8.31. The summed E-state index contributed by atoms with van der Waals surface area (Å²) >= 11 is 0. The summed E-state index contributed by atoms with van der Waals surface area (Å²) in [6.07, 6.45) is 0. The molecular formula is C10H12F2N2O. The third-order valence-electron chi connectivity index (χ3n) is 1.76. The summed E-state index contributed by atoms with van der Waals surface area (Å²) in [5, 5.41) is 5.08. The van der Waals surface area contributed by atoms with E-state index in [9.17, 15) is 13.6 Å². The number of rotatable bonds is 4. The minimum atomic E-state index is -0.641. The van der Waals surface area contributed by atoms with E-state index in [-0.39, 0.29) is 18.1 Å². The van der Waals surface area contributed by atoms with Crippen molar-refractivity contribution >= 4 is 11.6 Å². The Balaban J connectivity index is 2.47. The molecule has 1 aromatic carbocycles. The van der Waals surface area contributed by atoms with E-state index in [0.29, 0.717) is 6.54 Å². The number of anilines is 1. The molecule has 0 radical (unpaired) electrons. The van der Waals surface area contributed by atoms with Crippen LogP contribution in [0.2, 0.25) is 0 Å². The van der Waals surface area contributed by atoms with Crippen molar-refractivity contribution in [2.45, 2.75) is 6.92 Å². The van der Waals surface area contributed by atoms with Gasteiger partial charge < -0.3 is 10.6 Å².